The average molecular weight is 272 g/mol. The molecule has 19 heavy (non-hydrogen) atoms. The molecule has 1 aliphatic rings. The molecule has 5 heteroatoms. The minimum absolute atomic E-state index is 0.370. The van der Waals surface area contributed by atoms with Crippen molar-refractivity contribution >= 4 is 5.69 Å². The molecule has 1 fully saturated rings. The average Bonchev–Trinajstić information content (AvgIpc) is 3.18. The molecule has 0 amide bonds. The van der Waals surface area contributed by atoms with Gasteiger partial charge >= 0.3 is 6.18 Å². The van der Waals surface area contributed by atoms with Crippen LogP contribution in [0.4, 0.5) is 18.9 Å². The van der Waals surface area contributed by atoms with Gasteiger partial charge in [0.15, 0.2) is 0 Å². The molecular formula is C14H19F3N2. The molecule has 0 saturated heterocycles. The van der Waals surface area contributed by atoms with Crippen LogP contribution >= 0.6 is 0 Å². The quantitative estimate of drug-likeness (QED) is 0.881. The van der Waals surface area contributed by atoms with Crippen LogP contribution in [0.15, 0.2) is 24.3 Å². The Hall–Kier alpha value is -1.23. The van der Waals surface area contributed by atoms with Crippen LogP contribution in [0.5, 0.6) is 0 Å². The van der Waals surface area contributed by atoms with Gasteiger partial charge in [-0.3, -0.25) is 4.90 Å². The molecule has 1 unspecified atom stereocenters. The summed E-state index contributed by atoms with van der Waals surface area (Å²) in [6.07, 6.45) is -1.76. The number of likely N-dealkylation sites (N-methyl/N-ethyl adjacent to an activating group) is 1. The molecule has 2 nitrogen and oxygen atoms in total. The second-order valence-electron chi connectivity index (χ2n) is 5.20. The van der Waals surface area contributed by atoms with Crippen LogP contribution in [-0.2, 0) is 6.18 Å². The first-order valence-corrected chi connectivity index (χ1v) is 6.51. The third kappa shape index (κ3) is 3.86. The topological polar surface area (TPSA) is 15.3 Å². The van der Waals surface area contributed by atoms with E-state index in [1.807, 2.05) is 0 Å². The fraction of sp³-hybridized carbons (Fsp3) is 0.571. The molecule has 1 atom stereocenters. The van der Waals surface area contributed by atoms with E-state index < -0.39 is 11.7 Å². The summed E-state index contributed by atoms with van der Waals surface area (Å²) in [5.41, 5.74) is 0.116. The highest BCUT2D eigenvalue weighted by atomic mass is 19.4. The summed E-state index contributed by atoms with van der Waals surface area (Å²) in [5.74, 6) is 0. The summed E-state index contributed by atoms with van der Waals surface area (Å²) in [7, 11) is 2.09. The van der Waals surface area contributed by atoms with E-state index in [-0.39, 0.29) is 0 Å². The number of nitrogens with one attached hydrogen (secondary N) is 1. The van der Waals surface area contributed by atoms with Gasteiger partial charge in [0.05, 0.1) is 5.56 Å². The molecule has 1 saturated carbocycles. The van der Waals surface area contributed by atoms with Crippen LogP contribution in [0.25, 0.3) is 0 Å². The van der Waals surface area contributed by atoms with E-state index in [9.17, 15) is 13.2 Å². The molecule has 0 bridgehead atoms. The Morgan fingerprint density at radius 2 is 1.84 bits per heavy atom. The highest BCUT2D eigenvalue weighted by Gasteiger charge is 2.30. The van der Waals surface area contributed by atoms with Crippen molar-refractivity contribution in [2.24, 2.45) is 0 Å². The van der Waals surface area contributed by atoms with E-state index in [1.165, 1.54) is 25.0 Å². The highest BCUT2D eigenvalue weighted by Crippen LogP contribution is 2.30. The van der Waals surface area contributed by atoms with Crippen molar-refractivity contribution in [2.75, 3.05) is 18.9 Å². The number of benzene rings is 1. The number of nitrogens with zero attached hydrogens (tertiary/aromatic N) is 1. The van der Waals surface area contributed by atoms with E-state index in [0.717, 1.165) is 24.4 Å². The van der Waals surface area contributed by atoms with Crippen LogP contribution in [0, 0.1) is 0 Å². The predicted molar refractivity (Wildman–Crippen MR) is 70.2 cm³/mol. The zero-order valence-electron chi connectivity index (χ0n) is 11.2. The first-order valence-electron chi connectivity index (χ1n) is 6.51. The first kappa shape index (κ1) is 14.2. The van der Waals surface area contributed by atoms with E-state index in [0.29, 0.717) is 12.1 Å². The molecule has 0 aliphatic heterocycles. The van der Waals surface area contributed by atoms with Crippen molar-refractivity contribution in [1.82, 2.24) is 4.90 Å². The van der Waals surface area contributed by atoms with Gasteiger partial charge < -0.3 is 5.32 Å². The third-order valence-electron chi connectivity index (χ3n) is 3.63. The van der Waals surface area contributed by atoms with Gasteiger partial charge in [0.2, 0.25) is 0 Å². The lowest BCUT2D eigenvalue weighted by Crippen LogP contribution is -2.36. The molecule has 1 aliphatic carbocycles. The zero-order valence-corrected chi connectivity index (χ0v) is 11.2. The van der Waals surface area contributed by atoms with E-state index in [2.05, 4.69) is 24.2 Å². The van der Waals surface area contributed by atoms with Crippen LogP contribution < -0.4 is 5.32 Å². The summed E-state index contributed by atoms with van der Waals surface area (Å²) in [6, 6.07) is 6.23. The monoisotopic (exact) mass is 272 g/mol. The Bertz CT molecular complexity index is 410. The lowest BCUT2D eigenvalue weighted by atomic mass is 10.2. The van der Waals surface area contributed by atoms with Crippen molar-refractivity contribution in [2.45, 2.75) is 38.0 Å². The standard InChI is InChI=1S/C14H19F3N2/c1-10(19(2)13-7-8-13)9-18-12-5-3-11(4-6-12)14(15,16)17/h3-6,10,13,18H,7-9H2,1-2H3. The molecule has 0 aromatic heterocycles. The molecule has 0 radical (unpaired) electrons. The maximum absolute atomic E-state index is 12.4. The second kappa shape index (κ2) is 5.41. The predicted octanol–water partition coefficient (Wildman–Crippen LogP) is 3.60. The Balaban J connectivity index is 1.85. The summed E-state index contributed by atoms with van der Waals surface area (Å²) < 4.78 is 37.2. The number of halogens is 3. The molecule has 0 heterocycles. The highest BCUT2D eigenvalue weighted by molar-refractivity contribution is 5.45. The molecule has 1 aromatic carbocycles. The third-order valence-corrected chi connectivity index (χ3v) is 3.63. The van der Waals surface area contributed by atoms with Crippen molar-refractivity contribution < 1.29 is 13.2 Å². The molecular weight excluding hydrogens is 253 g/mol. The Morgan fingerprint density at radius 1 is 1.26 bits per heavy atom. The number of hydrogen-bond donors (Lipinski definition) is 1. The van der Waals surface area contributed by atoms with Crippen LogP contribution in [0.2, 0.25) is 0 Å². The van der Waals surface area contributed by atoms with Gasteiger partial charge in [0.25, 0.3) is 0 Å². The van der Waals surface area contributed by atoms with Gasteiger partial charge in [-0.05, 0) is 51.1 Å². The molecule has 1 N–H and O–H groups in total. The van der Waals surface area contributed by atoms with Crippen molar-refractivity contribution in [3.8, 4) is 0 Å². The lowest BCUT2D eigenvalue weighted by Gasteiger charge is -2.25. The number of hydrogen-bond acceptors (Lipinski definition) is 2. The van der Waals surface area contributed by atoms with Gasteiger partial charge in [-0.15, -0.1) is 0 Å². The van der Waals surface area contributed by atoms with E-state index in [1.54, 1.807) is 0 Å². The Kier molecular flexibility index (Phi) is 4.04. The number of alkyl halides is 3. The summed E-state index contributed by atoms with van der Waals surface area (Å²) in [6.45, 7) is 2.85. The van der Waals surface area contributed by atoms with Gasteiger partial charge in [-0.1, -0.05) is 0 Å². The summed E-state index contributed by atoms with van der Waals surface area (Å²) in [5, 5.41) is 3.18. The van der Waals surface area contributed by atoms with Crippen molar-refractivity contribution in [1.29, 1.82) is 0 Å². The fourth-order valence-corrected chi connectivity index (χ4v) is 2.03. The summed E-state index contributed by atoms with van der Waals surface area (Å²) in [4.78, 5) is 2.32. The van der Waals surface area contributed by atoms with Gasteiger partial charge in [-0.2, -0.15) is 13.2 Å². The van der Waals surface area contributed by atoms with Gasteiger partial charge in [-0.25, -0.2) is 0 Å². The van der Waals surface area contributed by atoms with Crippen molar-refractivity contribution in [3.05, 3.63) is 29.8 Å². The maximum atomic E-state index is 12.4. The van der Waals surface area contributed by atoms with Gasteiger partial charge in [0, 0.05) is 24.3 Å². The first-order chi connectivity index (χ1) is 8.88. The van der Waals surface area contributed by atoms with Crippen LogP contribution in [0.1, 0.15) is 25.3 Å². The van der Waals surface area contributed by atoms with Crippen LogP contribution in [-0.4, -0.2) is 30.6 Å². The summed E-state index contributed by atoms with van der Waals surface area (Å²) >= 11 is 0. The zero-order chi connectivity index (χ0) is 14.0. The smallest absolute Gasteiger partial charge is 0.383 e. The fourth-order valence-electron chi connectivity index (χ4n) is 2.03. The van der Waals surface area contributed by atoms with E-state index >= 15 is 0 Å². The van der Waals surface area contributed by atoms with Crippen molar-refractivity contribution in [3.63, 3.8) is 0 Å². The maximum Gasteiger partial charge on any atom is 0.416 e. The molecule has 2 rings (SSSR count). The minimum Gasteiger partial charge on any atom is -0.383 e. The SMILES string of the molecule is CC(CNc1ccc(C(F)(F)F)cc1)N(C)C1CC1. The van der Waals surface area contributed by atoms with E-state index in [4.69, 9.17) is 0 Å². The Labute approximate surface area is 111 Å². The number of rotatable bonds is 5. The van der Waals surface area contributed by atoms with Gasteiger partial charge in [0.1, 0.15) is 0 Å². The molecule has 0 spiro atoms. The van der Waals surface area contributed by atoms with Crippen LogP contribution in [0.3, 0.4) is 0 Å². The lowest BCUT2D eigenvalue weighted by molar-refractivity contribution is -0.137. The normalized spacial score (nSPS) is 17.6. The largest absolute Gasteiger partial charge is 0.416 e. The minimum atomic E-state index is -4.27. The molecule has 1 aromatic rings. The Morgan fingerprint density at radius 3 is 2.32 bits per heavy atom. The molecule has 106 valence electrons. The second-order valence-corrected chi connectivity index (χ2v) is 5.20. The number of anilines is 1.